The lowest BCUT2D eigenvalue weighted by Crippen LogP contribution is -2.16. The summed E-state index contributed by atoms with van der Waals surface area (Å²) < 4.78 is 0. The minimum Gasteiger partial charge on any atom is -0.330 e. The quantitative estimate of drug-likeness (QED) is 0.843. The SMILES string of the molecule is Cc1ccc(C(CN)Cc2ccc(C(C)C)cc2)c(C)c1. The second-order valence-corrected chi connectivity index (χ2v) is 6.39. The fraction of sp³-hybridized carbons (Fsp3) is 0.400. The van der Waals surface area contributed by atoms with E-state index in [0.717, 1.165) is 6.42 Å². The molecule has 2 aromatic carbocycles. The first-order chi connectivity index (χ1) is 10.0. The molecule has 0 aliphatic heterocycles. The zero-order valence-corrected chi connectivity index (χ0v) is 13.7. The van der Waals surface area contributed by atoms with Crippen molar-refractivity contribution in [2.75, 3.05) is 6.54 Å². The second kappa shape index (κ2) is 6.91. The van der Waals surface area contributed by atoms with Crippen molar-refractivity contribution < 1.29 is 0 Å². The molecule has 112 valence electrons. The average molecular weight is 281 g/mol. The van der Waals surface area contributed by atoms with Crippen LogP contribution in [0, 0.1) is 13.8 Å². The lowest BCUT2D eigenvalue weighted by atomic mass is 9.88. The van der Waals surface area contributed by atoms with Gasteiger partial charge in [0.15, 0.2) is 0 Å². The van der Waals surface area contributed by atoms with Crippen LogP contribution in [0.1, 0.15) is 53.5 Å². The molecule has 0 fully saturated rings. The first-order valence-corrected chi connectivity index (χ1v) is 7.87. The molecular formula is C20H27N. The molecular weight excluding hydrogens is 254 g/mol. The van der Waals surface area contributed by atoms with E-state index in [2.05, 4.69) is 70.2 Å². The number of rotatable bonds is 5. The summed E-state index contributed by atoms with van der Waals surface area (Å²) in [6, 6.07) is 15.7. The van der Waals surface area contributed by atoms with Crippen molar-refractivity contribution in [3.63, 3.8) is 0 Å². The highest BCUT2D eigenvalue weighted by atomic mass is 14.5. The predicted molar refractivity (Wildman–Crippen MR) is 91.9 cm³/mol. The summed E-state index contributed by atoms with van der Waals surface area (Å²) in [7, 11) is 0. The Morgan fingerprint density at radius 1 is 0.952 bits per heavy atom. The zero-order valence-electron chi connectivity index (χ0n) is 13.7. The van der Waals surface area contributed by atoms with Crippen LogP contribution in [0.3, 0.4) is 0 Å². The van der Waals surface area contributed by atoms with E-state index in [4.69, 9.17) is 5.73 Å². The number of benzene rings is 2. The molecule has 0 heterocycles. The minimum absolute atomic E-state index is 0.399. The fourth-order valence-electron chi connectivity index (χ4n) is 2.93. The summed E-state index contributed by atoms with van der Waals surface area (Å²) in [6.07, 6.45) is 1.01. The van der Waals surface area contributed by atoms with Crippen LogP contribution < -0.4 is 5.73 Å². The maximum Gasteiger partial charge on any atom is 0.000419 e. The van der Waals surface area contributed by atoms with Gasteiger partial charge in [-0.25, -0.2) is 0 Å². The number of hydrogen-bond acceptors (Lipinski definition) is 1. The van der Waals surface area contributed by atoms with E-state index in [1.165, 1.54) is 27.8 Å². The molecule has 0 saturated carbocycles. The molecule has 2 aromatic rings. The predicted octanol–water partition coefficient (Wildman–Crippen LogP) is 4.71. The van der Waals surface area contributed by atoms with E-state index in [1.807, 2.05) is 0 Å². The molecule has 2 N–H and O–H groups in total. The standard InChI is InChI=1S/C20H27N/c1-14(2)18-8-6-17(7-9-18)12-19(13-21)20-10-5-15(3)11-16(20)4/h5-11,14,19H,12-13,21H2,1-4H3. The number of nitrogens with two attached hydrogens (primary N) is 1. The van der Waals surface area contributed by atoms with Gasteiger partial charge in [0.2, 0.25) is 0 Å². The van der Waals surface area contributed by atoms with Gasteiger partial charge in [0.1, 0.15) is 0 Å². The van der Waals surface area contributed by atoms with Crippen LogP contribution in [0.2, 0.25) is 0 Å². The Bertz CT molecular complexity index is 581. The van der Waals surface area contributed by atoms with E-state index < -0.39 is 0 Å². The van der Waals surface area contributed by atoms with Crippen LogP contribution in [-0.2, 0) is 6.42 Å². The van der Waals surface area contributed by atoms with Gasteiger partial charge in [0, 0.05) is 5.92 Å². The highest BCUT2D eigenvalue weighted by molar-refractivity contribution is 5.35. The molecule has 21 heavy (non-hydrogen) atoms. The lowest BCUT2D eigenvalue weighted by molar-refractivity contribution is 0.689. The maximum atomic E-state index is 6.04. The van der Waals surface area contributed by atoms with E-state index in [1.54, 1.807) is 0 Å². The smallest absolute Gasteiger partial charge is 0.000419 e. The van der Waals surface area contributed by atoms with E-state index >= 15 is 0 Å². The summed E-state index contributed by atoms with van der Waals surface area (Å²) in [5.41, 5.74) is 12.9. The van der Waals surface area contributed by atoms with Gasteiger partial charge in [-0.1, -0.05) is 61.9 Å². The topological polar surface area (TPSA) is 26.0 Å². The molecule has 1 nitrogen and oxygen atoms in total. The third-order valence-corrected chi connectivity index (χ3v) is 4.28. The average Bonchev–Trinajstić information content (AvgIpc) is 2.46. The van der Waals surface area contributed by atoms with Crippen LogP contribution in [0.15, 0.2) is 42.5 Å². The summed E-state index contributed by atoms with van der Waals surface area (Å²) >= 11 is 0. The number of hydrogen-bond donors (Lipinski definition) is 1. The van der Waals surface area contributed by atoms with Crippen molar-refractivity contribution in [1.82, 2.24) is 0 Å². The molecule has 1 atom stereocenters. The van der Waals surface area contributed by atoms with Gasteiger partial charge >= 0.3 is 0 Å². The Morgan fingerprint density at radius 2 is 1.62 bits per heavy atom. The van der Waals surface area contributed by atoms with Gasteiger partial charge in [-0.15, -0.1) is 0 Å². The Kier molecular flexibility index (Phi) is 5.19. The summed E-state index contributed by atoms with van der Waals surface area (Å²) in [5.74, 6) is 0.985. The fourth-order valence-corrected chi connectivity index (χ4v) is 2.93. The van der Waals surface area contributed by atoms with Crippen LogP contribution >= 0.6 is 0 Å². The third-order valence-electron chi connectivity index (χ3n) is 4.28. The maximum absolute atomic E-state index is 6.04. The highest BCUT2D eigenvalue weighted by Crippen LogP contribution is 2.25. The molecule has 1 unspecified atom stereocenters. The first-order valence-electron chi connectivity index (χ1n) is 7.87. The van der Waals surface area contributed by atoms with Crippen molar-refractivity contribution in [3.05, 3.63) is 70.3 Å². The molecule has 1 heteroatoms. The van der Waals surface area contributed by atoms with Gasteiger partial charge < -0.3 is 5.73 Å². The summed E-state index contributed by atoms with van der Waals surface area (Å²) in [5, 5.41) is 0. The second-order valence-electron chi connectivity index (χ2n) is 6.39. The van der Waals surface area contributed by atoms with E-state index in [-0.39, 0.29) is 0 Å². The molecule has 0 aromatic heterocycles. The lowest BCUT2D eigenvalue weighted by Gasteiger charge is -2.18. The number of aryl methyl sites for hydroxylation is 2. The molecule has 0 aliphatic rings. The normalized spacial score (nSPS) is 12.7. The van der Waals surface area contributed by atoms with Crippen LogP contribution in [-0.4, -0.2) is 6.54 Å². The minimum atomic E-state index is 0.399. The van der Waals surface area contributed by atoms with Gasteiger partial charge in [0.05, 0.1) is 0 Å². The van der Waals surface area contributed by atoms with Crippen molar-refractivity contribution in [2.24, 2.45) is 5.73 Å². The molecule has 0 bridgehead atoms. The molecule has 0 amide bonds. The largest absolute Gasteiger partial charge is 0.330 e. The Labute approximate surface area is 129 Å². The van der Waals surface area contributed by atoms with Gasteiger partial charge in [-0.2, -0.15) is 0 Å². The Hall–Kier alpha value is -1.60. The summed E-state index contributed by atoms with van der Waals surface area (Å²) in [4.78, 5) is 0. The first kappa shape index (κ1) is 15.8. The Balaban J connectivity index is 2.18. The zero-order chi connectivity index (χ0) is 15.4. The molecule has 0 saturated heterocycles. The monoisotopic (exact) mass is 281 g/mol. The van der Waals surface area contributed by atoms with Gasteiger partial charge in [-0.3, -0.25) is 0 Å². The molecule has 0 aliphatic carbocycles. The van der Waals surface area contributed by atoms with Crippen LogP contribution in [0.4, 0.5) is 0 Å². The highest BCUT2D eigenvalue weighted by Gasteiger charge is 2.13. The van der Waals surface area contributed by atoms with Gasteiger partial charge in [0.25, 0.3) is 0 Å². The third kappa shape index (κ3) is 3.95. The Morgan fingerprint density at radius 3 is 2.14 bits per heavy atom. The summed E-state index contributed by atoms with van der Waals surface area (Å²) in [6.45, 7) is 9.47. The van der Waals surface area contributed by atoms with Crippen LogP contribution in [0.5, 0.6) is 0 Å². The van der Waals surface area contributed by atoms with Crippen molar-refractivity contribution in [1.29, 1.82) is 0 Å². The van der Waals surface area contributed by atoms with Crippen LogP contribution in [0.25, 0.3) is 0 Å². The van der Waals surface area contributed by atoms with Gasteiger partial charge in [-0.05, 0) is 55.0 Å². The van der Waals surface area contributed by atoms with Crippen molar-refractivity contribution in [3.8, 4) is 0 Å². The molecule has 0 radical (unpaired) electrons. The van der Waals surface area contributed by atoms with E-state index in [0.29, 0.717) is 18.4 Å². The molecule has 0 spiro atoms. The molecule has 2 rings (SSSR count). The van der Waals surface area contributed by atoms with Crippen molar-refractivity contribution >= 4 is 0 Å². The van der Waals surface area contributed by atoms with Crippen molar-refractivity contribution in [2.45, 2.75) is 46.0 Å². The van der Waals surface area contributed by atoms with E-state index in [9.17, 15) is 0 Å².